The van der Waals surface area contributed by atoms with Gasteiger partial charge >= 0.3 is 6.18 Å². The molecule has 0 unspecified atom stereocenters. The zero-order chi connectivity index (χ0) is 23.9. The monoisotopic (exact) mass is 496 g/mol. The molecule has 0 bridgehead atoms. The van der Waals surface area contributed by atoms with Crippen LogP contribution in [0.4, 0.5) is 24.9 Å². The van der Waals surface area contributed by atoms with Gasteiger partial charge in [-0.15, -0.1) is 21.5 Å². The van der Waals surface area contributed by atoms with Gasteiger partial charge in [0.1, 0.15) is 10.6 Å². The average Bonchev–Trinajstić information content (AvgIpc) is 3.53. The molecule has 3 aromatic heterocycles. The number of aliphatic hydroxyl groups excluding tert-OH is 1. The van der Waals surface area contributed by atoms with Crippen LogP contribution in [0, 0.1) is 0 Å². The smallest absolute Gasteiger partial charge is 0.395 e. The number of anilines is 2. The summed E-state index contributed by atoms with van der Waals surface area (Å²) in [4.78, 5) is 16.0. The highest BCUT2D eigenvalue weighted by atomic mass is 32.1. The number of rotatable bonds is 7. The van der Waals surface area contributed by atoms with E-state index in [0.717, 1.165) is 53.0 Å². The zero-order valence-corrected chi connectivity index (χ0v) is 19.7. The van der Waals surface area contributed by atoms with Crippen molar-refractivity contribution in [1.82, 2.24) is 30.0 Å². The van der Waals surface area contributed by atoms with Crippen LogP contribution in [0.1, 0.15) is 36.3 Å². The van der Waals surface area contributed by atoms with Gasteiger partial charge in [-0.1, -0.05) is 13.3 Å². The Morgan fingerprint density at radius 2 is 2.03 bits per heavy atom. The van der Waals surface area contributed by atoms with Crippen LogP contribution in [-0.2, 0) is 25.7 Å². The van der Waals surface area contributed by atoms with Crippen LogP contribution in [0.5, 0.6) is 0 Å². The minimum absolute atomic E-state index is 0.0914. The molecule has 5 heterocycles. The number of fused-ring (bicyclic) bond motifs is 2. The second-order valence-corrected chi connectivity index (χ2v) is 9.76. The molecule has 1 saturated heterocycles. The molecule has 2 aliphatic rings. The van der Waals surface area contributed by atoms with Crippen LogP contribution in [0.3, 0.4) is 0 Å². The molecule has 9 nitrogen and oxygen atoms in total. The van der Waals surface area contributed by atoms with Gasteiger partial charge in [-0.2, -0.15) is 18.2 Å². The van der Waals surface area contributed by atoms with Gasteiger partial charge in [-0.05, 0) is 18.9 Å². The number of nitrogens with zero attached hydrogens (tertiary/aromatic N) is 7. The maximum absolute atomic E-state index is 13.3. The summed E-state index contributed by atoms with van der Waals surface area (Å²) < 4.78 is 41.0. The van der Waals surface area contributed by atoms with Crippen LogP contribution in [0.15, 0.2) is 6.07 Å². The molecular weight excluding hydrogens is 469 g/mol. The molecule has 3 aromatic rings. The molecule has 1 fully saturated rings. The third kappa shape index (κ3) is 4.43. The normalized spacial score (nSPS) is 18.8. The van der Waals surface area contributed by atoms with E-state index in [4.69, 9.17) is 15.1 Å². The SMILES string of the molecule is CCCc1cc2c(N3CCn4c(nnc4C(F)(F)F)C3)nc(N3CC[C@H](NCCO)C3)nc2s1. The first-order valence-electron chi connectivity index (χ1n) is 11.5. The number of aliphatic hydroxyl groups is 1. The quantitative estimate of drug-likeness (QED) is 0.515. The van der Waals surface area contributed by atoms with Gasteiger partial charge in [-0.3, -0.25) is 0 Å². The third-order valence-electron chi connectivity index (χ3n) is 6.23. The average molecular weight is 497 g/mol. The lowest BCUT2D eigenvalue weighted by Crippen LogP contribution is -2.37. The van der Waals surface area contributed by atoms with E-state index in [1.54, 1.807) is 11.3 Å². The van der Waals surface area contributed by atoms with Crippen LogP contribution in [0.2, 0.25) is 0 Å². The van der Waals surface area contributed by atoms with Crippen molar-refractivity contribution in [1.29, 1.82) is 0 Å². The molecule has 13 heteroatoms. The lowest BCUT2D eigenvalue weighted by atomic mass is 10.2. The Bertz CT molecular complexity index is 1160. The van der Waals surface area contributed by atoms with Crippen LogP contribution in [0.25, 0.3) is 10.2 Å². The van der Waals surface area contributed by atoms with Crippen LogP contribution >= 0.6 is 11.3 Å². The highest BCUT2D eigenvalue weighted by molar-refractivity contribution is 7.18. The number of thiophene rings is 1. The molecule has 5 rings (SSSR count). The maximum Gasteiger partial charge on any atom is 0.451 e. The second-order valence-electron chi connectivity index (χ2n) is 8.65. The Morgan fingerprint density at radius 1 is 1.18 bits per heavy atom. The minimum atomic E-state index is -4.53. The Morgan fingerprint density at radius 3 is 2.79 bits per heavy atom. The summed E-state index contributed by atoms with van der Waals surface area (Å²) in [6, 6.07) is 2.36. The summed E-state index contributed by atoms with van der Waals surface area (Å²) in [5.41, 5.74) is 0. The maximum atomic E-state index is 13.3. The van der Waals surface area contributed by atoms with Crippen molar-refractivity contribution in [3.8, 4) is 0 Å². The lowest BCUT2D eigenvalue weighted by molar-refractivity contribution is -0.147. The molecule has 0 spiro atoms. The number of alkyl halides is 3. The first kappa shape index (κ1) is 23.2. The number of nitrogens with one attached hydrogen (secondary N) is 1. The summed E-state index contributed by atoms with van der Waals surface area (Å²) in [6.45, 7) is 5.01. The van der Waals surface area contributed by atoms with Crippen molar-refractivity contribution in [3.63, 3.8) is 0 Å². The summed E-state index contributed by atoms with van der Waals surface area (Å²) in [7, 11) is 0. The van der Waals surface area contributed by atoms with Crippen molar-refractivity contribution >= 4 is 33.3 Å². The summed E-state index contributed by atoms with van der Waals surface area (Å²) in [6.07, 6.45) is -1.65. The Labute approximate surface area is 198 Å². The molecule has 184 valence electrons. The highest BCUT2D eigenvalue weighted by Crippen LogP contribution is 2.36. The number of aryl methyl sites for hydroxylation is 1. The fourth-order valence-electron chi connectivity index (χ4n) is 4.62. The molecule has 1 atom stereocenters. The first-order valence-corrected chi connectivity index (χ1v) is 12.3. The van der Waals surface area contributed by atoms with E-state index in [1.165, 1.54) is 4.88 Å². The van der Waals surface area contributed by atoms with Crippen molar-refractivity contribution in [3.05, 3.63) is 22.6 Å². The van der Waals surface area contributed by atoms with Gasteiger partial charge in [0.05, 0.1) is 18.5 Å². The molecule has 0 aromatic carbocycles. The van der Waals surface area contributed by atoms with Crippen LogP contribution in [-0.4, -0.2) is 68.7 Å². The van der Waals surface area contributed by atoms with Gasteiger partial charge in [0.15, 0.2) is 5.82 Å². The summed E-state index contributed by atoms with van der Waals surface area (Å²) in [5.74, 6) is 0.692. The lowest BCUT2D eigenvalue weighted by Gasteiger charge is -2.30. The number of hydrogen-bond acceptors (Lipinski definition) is 9. The van der Waals surface area contributed by atoms with Gasteiger partial charge in [0.2, 0.25) is 11.8 Å². The predicted molar refractivity (Wildman–Crippen MR) is 123 cm³/mol. The highest BCUT2D eigenvalue weighted by Gasteiger charge is 2.40. The molecule has 2 aliphatic heterocycles. The van der Waals surface area contributed by atoms with E-state index in [1.807, 2.05) is 4.90 Å². The van der Waals surface area contributed by atoms with Gasteiger partial charge in [-0.25, -0.2) is 4.98 Å². The first-order chi connectivity index (χ1) is 16.4. The fraction of sp³-hybridized carbons (Fsp3) is 0.619. The van der Waals surface area contributed by atoms with Gasteiger partial charge in [0, 0.05) is 43.6 Å². The fourth-order valence-corrected chi connectivity index (χ4v) is 5.74. The van der Waals surface area contributed by atoms with Gasteiger partial charge in [0.25, 0.3) is 0 Å². The number of hydrogen-bond donors (Lipinski definition) is 2. The molecule has 0 aliphatic carbocycles. The largest absolute Gasteiger partial charge is 0.451 e. The molecule has 0 saturated carbocycles. The topological polar surface area (TPSA) is 95.2 Å². The molecule has 0 radical (unpaired) electrons. The standard InChI is InChI=1S/C21H27F3N8OS/c1-2-3-14-10-15-17(30-7-8-32-16(12-30)28-29-19(32)21(22,23)24)26-20(27-18(15)34-14)31-6-4-13(11-31)25-5-9-33/h10,13,25,33H,2-9,11-12H2,1H3/t13-/m0/s1. The Hall–Kier alpha value is -2.51. The van der Waals surface area contributed by atoms with Crippen molar-refractivity contribution in [2.75, 3.05) is 42.6 Å². The number of aromatic nitrogens is 5. The van der Waals surface area contributed by atoms with Crippen molar-refractivity contribution in [2.24, 2.45) is 0 Å². The Kier molecular flexibility index (Phi) is 6.34. The van der Waals surface area contributed by atoms with E-state index in [0.29, 0.717) is 19.0 Å². The van der Waals surface area contributed by atoms with E-state index in [2.05, 4.69) is 33.4 Å². The van der Waals surface area contributed by atoms with Crippen molar-refractivity contribution in [2.45, 2.75) is 51.5 Å². The molecule has 34 heavy (non-hydrogen) atoms. The third-order valence-corrected chi connectivity index (χ3v) is 7.32. The Balaban J connectivity index is 1.48. The molecule has 0 amide bonds. The second kappa shape index (κ2) is 9.27. The zero-order valence-electron chi connectivity index (χ0n) is 18.8. The molecule has 2 N–H and O–H groups in total. The minimum Gasteiger partial charge on any atom is -0.395 e. The number of halogens is 3. The predicted octanol–water partition coefficient (Wildman–Crippen LogP) is 2.43. The van der Waals surface area contributed by atoms with E-state index in [9.17, 15) is 13.2 Å². The van der Waals surface area contributed by atoms with Crippen molar-refractivity contribution < 1.29 is 18.3 Å². The summed E-state index contributed by atoms with van der Waals surface area (Å²) >= 11 is 1.65. The summed E-state index contributed by atoms with van der Waals surface area (Å²) in [5, 5.41) is 20.6. The van der Waals surface area contributed by atoms with Gasteiger partial charge < -0.3 is 24.8 Å². The van der Waals surface area contributed by atoms with E-state index in [-0.39, 0.29) is 31.6 Å². The van der Waals surface area contributed by atoms with E-state index >= 15 is 0 Å². The van der Waals surface area contributed by atoms with E-state index < -0.39 is 12.0 Å². The van der Waals surface area contributed by atoms with Crippen LogP contribution < -0.4 is 15.1 Å². The molecular formula is C21H27F3N8OS.